The van der Waals surface area contributed by atoms with Gasteiger partial charge >= 0.3 is 7.12 Å². The van der Waals surface area contributed by atoms with Crippen molar-refractivity contribution in [3.63, 3.8) is 0 Å². The molecule has 5 heteroatoms. The Labute approximate surface area is 94.3 Å². The third kappa shape index (κ3) is 3.68. The van der Waals surface area contributed by atoms with Gasteiger partial charge in [-0.15, -0.1) is 6.58 Å². The quantitative estimate of drug-likeness (QED) is 0.428. The molecule has 0 atom stereocenters. The standard InChI is InChI=1S/C11H14BFO3/c1-2-3-4-7-16-11-8-9(12(14)15)5-6-10(11)13/h2,5-6,8,14-15H,1,3-4,7H2. The molecule has 0 bridgehead atoms. The maximum Gasteiger partial charge on any atom is 0.488 e. The van der Waals surface area contributed by atoms with Gasteiger partial charge in [-0.25, -0.2) is 4.39 Å². The lowest BCUT2D eigenvalue weighted by molar-refractivity contribution is 0.296. The van der Waals surface area contributed by atoms with Crippen LogP contribution in [0.2, 0.25) is 0 Å². The summed E-state index contributed by atoms with van der Waals surface area (Å²) in [5.41, 5.74) is 0.208. The van der Waals surface area contributed by atoms with E-state index in [4.69, 9.17) is 14.8 Å². The van der Waals surface area contributed by atoms with Crippen LogP contribution >= 0.6 is 0 Å². The molecule has 0 saturated carbocycles. The lowest BCUT2D eigenvalue weighted by atomic mass is 9.80. The zero-order valence-corrected chi connectivity index (χ0v) is 8.90. The number of benzene rings is 1. The molecule has 1 aromatic rings. The molecule has 0 aliphatic carbocycles. The van der Waals surface area contributed by atoms with Crippen molar-refractivity contribution in [1.82, 2.24) is 0 Å². The second-order valence-corrected chi connectivity index (χ2v) is 3.34. The minimum absolute atomic E-state index is 0.0367. The second kappa shape index (κ2) is 6.30. The molecule has 86 valence electrons. The van der Waals surface area contributed by atoms with Crippen LogP contribution in [0.5, 0.6) is 5.75 Å². The molecule has 2 N–H and O–H groups in total. The van der Waals surface area contributed by atoms with E-state index in [0.29, 0.717) is 6.61 Å². The minimum Gasteiger partial charge on any atom is -0.491 e. The normalized spacial score (nSPS) is 9.94. The Balaban J connectivity index is 2.63. The van der Waals surface area contributed by atoms with Gasteiger partial charge in [0.05, 0.1) is 6.61 Å². The average Bonchev–Trinajstić information content (AvgIpc) is 2.26. The summed E-state index contributed by atoms with van der Waals surface area (Å²) in [6.07, 6.45) is 3.30. The Hall–Kier alpha value is -1.33. The first-order valence-electron chi connectivity index (χ1n) is 5.04. The summed E-state index contributed by atoms with van der Waals surface area (Å²) in [4.78, 5) is 0. The fourth-order valence-corrected chi connectivity index (χ4v) is 1.20. The highest BCUT2D eigenvalue weighted by Crippen LogP contribution is 2.15. The second-order valence-electron chi connectivity index (χ2n) is 3.34. The molecule has 0 saturated heterocycles. The lowest BCUT2D eigenvalue weighted by Gasteiger charge is -2.08. The summed E-state index contributed by atoms with van der Waals surface area (Å²) in [5.74, 6) is -0.474. The van der Waals surface area contributed by atoms with E-state index in [-0.39, 0.29) is 11.2 Å². The van der Waals surface area contributed by atoms with Crippen LogP contribution in [-0.2, 0) is 0 Å². The first-order chi connectivity index (χ1) is 7.65. The van der Waals surface area contributed by atoms with Crippen molar-refractivity contribution >= 4 is 12.6 Å². The molecular weight excluding hydrogens is 210 g/mol. The number of rotatable bonds is 6. The van der Waals surface area contributed by atoms with E-state index in [2.05, 4.69) is 6.58 Å². The molecule has 0 spiro atoms. The highest BCUT2D eigenvalue weighted by atomic mass is 19.1. The third-order valence-electron chi connectivity index (χ3n) is 2.06. The summed E-state index contributed by atoms with van der Waals surface area (Å²) in [5, 5.41) is 17.8. The molecular formula is C11H14BFO3. The van der Waals surface area contributed by atoms with Crippen molar-refractivity contribution in [2.75, 3.05) is 6.61 Å². The molecule has 16 heavy (non-hydrogen) atoms. The van der Waals surface area contributed by atoms with Crippen molar-refractivity contribution in [3.05, 3.63) is 36.7 Å². The Morgan fingerprint density at radius 1 is 1.44 bits per heavy atom. The number of allylic oxidation sites excluding steroid dienone is 1. The van der Waals surface area contributed by atoms with Gasteiger partial charge in [-0.3, -0.25) is 0 Å². The maximum absolute atomic E-state index is 13.2. The number of hydrogen-bond donors (Lipinski definition) is 2. The van der Waals surface area contributed by atoms with Gasteiger partial charge in [-0.2, -0.15) is 0 Å². The molecule has 3 nitrogen and oxygen atoms in total. The minimum atomic E-state index is -1.61. The number of ether oxygens (including phenoxy) is 1. The van der Waals surface area contributed by atoms with Crippen LogP contribution in [0.4, 0.5) is 4.39 Å². The van der Waals surface area contributed by atoms with Crippen molar-refractivity contribution in [3.8, 4) is 5.75 Å². The Kier molecular flexibility index (Phi) is 5.02. The monoisotopic (exact) mass is 224 g/mol. The molecule has 0 unspecified atom stereocenters. The smallest absolute Gasteiger partial charge is 0.488 e. The van der Waals surface area contributed by atoms with Crippen molar-refractivity contribution in [2.24, 2.45) is 0 Å². The number of hydrogen-bond acceptors (Lipinski definition) is 3. The summed E-state index contributed by atoms with van der Waals surface area (Å²) in [6.45, 7) is 3.93. The third-order valence-corrected chi connectivity index (χ3v) is 2.06. The molecule has 0 aliphatic rings. The molecule has 1 rings (SSSR count). The van der Waals surface area contributed by atoms with Gasteiger partial charge in [0.25, 0.3) is 0 Å². The topological polar surface area (TPSA) is 49.7 Å². The molecule has 0 heterocycles. The predicted molar refractivity (Wildman–Crippen MR) is 61.2 cm³/mol. The number of unbranched alkanes of at least 4 members (excludes halogenated alkanes) is 1. The molecule has 0 radical (unpaired) electrons. The Bertz CT molecular complexity index is 355. The maximum atomic E-state index is 13.2. The van der Waals surface area contributed by atoms with E-state index in [1.807, 2.05) is 0 Å². The molecule has 1 aromatic carbocycles. The largest absolute Gasteiger partial charge is 0.491 e. The Morgan fingerprint density at radius 2 is 2.19 bits per heavy atom. The molecule has 0 fully saturated rings. The van der Waals surface area contributed by atoms with Crippen molar-refractivity contribution < 1.29 is 19.2 Å². The van der Waals surface area contributed by atoms with E-state index in [1.54, 1.807) is 6.08 Å². The first-order valence-corrected chi connectivity index (χ1v) is 5.04. The van der Waals surface area contributed by atoms with Crippen LogP contribution in [0.15, 0.2) is 30.9 Å². The van der Waals surface area contributed by atoms with Gasteiger partial charge in [-0.05, 0) is 30.4 Å². The van der Waals surface area contributed by atoms with Crippen LogP contribution in [0, 0.1) is 5.82 Å². The zero-order chi connectivity index (χ0) is 12.0. The fourth-order valence-electron chi connectivity index (χ4n) is 1.20. The van der Waals surface area contributed by atoms with Crippen LogP contribution < -0.4 is 10.2 Å². The average molecular weight is 224 g/mol. The van der Waals surface area contributed by atoms with E-state index < -0.39 is 12.9 Å². The van der Waals surface area contributed by atoms with Gasteiger partial charge in [0, 0.05) is 0 Å². The molecule has 0 aliphatic heterocycles. The van der Waals surface area contributed by atoms with Gasteiger partial charge in [-0.1, -0.05) is 12.1 Å². The highest BCUT2D eigenvalue weighted by molar-refractivity contribution is 6.58. The lowest BCUT2D eigenvalue weighted by Crippen LogP contribution is -2.29. The fraction of sp³-hybridized carbons (Fsp3) is 0.273. The molecule has 0 amide bonds. The van der Waals surface area contributed by atoms with Crippen LogP contribution in [0.25, 0.3) is 0 Å². The number of halogens is 1. The highest BCUT2D eigenvalue weighted by Gasteiger charge is 2.13. The Morgan fingerprint density at radius 3 is 2.81 bits per heavy atom. The van der Waals surface area contributed by atoms with Gasteiger partial charge in [0.1, 0.15) is 0 Å². The summed E-state index contributed by atoms with van der Waals surface area (Å²) in [7, 11) is -1.61. The summed E-state index contributed by atoms with van der Waals surface area (Å²) >= 11 is 0. The zero-order valence-electron chi connectivity index (χ0n) is 8.90. The SMILES string of the molecule is C=CCCCOc1cc(B(O)O)ccc1F. The van der Waals surface area contributed by atoms with Gasteiger partial charge < -0.3 is 14.8 Å². The van der Waals surface area contributed by atoms with E-state index >= 15 is 0 Å². The van der Waals surface area contributed by atoms with Crippen LogP contribution in [0.3, 0.4) is 0 Å². The van der Waals surface area contributed by atoms with Crippen LogP contribution in [0.1, 0.15) is 12.8 Å². The van der Waals surface area contributed by atoms with Crippen LogP contribution in [-0.4, -0.2) is 23.8 Å². The van der Waals surface area contributed by atoms with Crippen molar-refractivity contribution in [2.45, 2.75) is 12.8 Å². The predicted octanol–water partition coefficient (Wildman–Crippen LogP) is 0.851. The summed E-state index contributed by atoms with van der Waals surface area (Å²) in [6, 6.07) is 3.74. The first kappa shape index (κ1) is 12.7. The van der Waals surface area contributed by atoms with Crippen molar-refractivity contribution in [1.29, 1.82) is 0 Å². The van der Waals surface area contributed by atoms with Gasteiger partial charge in [0.2, 0.25) is 0 Å². The van der Waals surface area contributed by atoms with E-state index in [1.165, 1.54) is 12.1 Å². The molecule has 0 aromatic heterocycles. The van der Waals surface area contributed by atoms with Gasteiger partial charge in [0.15, 0.2) is 11.6 Å². The van der Waals surface area contributed by atoms with E-state index in [9.17, 15) is 4.39 Å². The van der Waals surface area contributed by atoms with E-state index in [0.717, 1.165) is 18.9 Å². The summed E-state index contributed by atoms with van der Waals surface area (Å²) < 4.78 is 18.4.